The molecule has 0 radical (unpaired) electrons. The first-order chi connectivity index (χ1) is 15.5. The number of rotatable bonds is 8. The highest BCUT2D eigenvalue weighted by Gasteiger charge is 2.36. The maximum Gasteiger partial charge on any atom is 0.407 e. The lowest BCUT2D eigenvalue weighted by atomic mass is 9.98. The third kappa shape index (κ3) is 5.02. The summed E-state index contributed by atoms with van der Waals surface area (Å²) in [6.45, 7) is 6.91. The Kier molecular flexibility index (Phi) is 7.10. The van der Waals surface area contributed by atoms with Crippen LogP contribution in [0.2, 0.25) is 0 Å². The van der Waals surface area contributed by atoms with Crippen molar-refractivity contribution >= 4 is 18.0 Å². The number of hydrogen-bond donors (Lipinski definition) is 2. The highest BCUT2D eigenvalue weighted by atomic mass is 16.5. The minimum absolute atomic E-state index is 0.0188. The van der Waals surface area contributed by atoms with Crippen LogP contribution in [0.3, 0.4) is 0 Å². The number of hydrogen-bond acceptors (Lipinski definition) is 4. The molecule has 7 nitrogen and oxygen atoms in total. The standard InChI is InChI=1S/C26H32N2O5/c1-16(2)22(14-23(29)28(5)26(3,4)24(30)31)27-25(32)33-15-21-19-12-8-6-10-17(19)18-11-7-9-13-20(18)21/h6-13,16,21-22H,14-15H2,1-5H3,(H,27,32)(H,30,31)/t22-/m0/s1. The lowest BCUT2D eigenvalue weighted by molar-refractivity contribution is -0.155. The lowest BCUT2D eigenvalue weighted by Gasteiger charge is -2.33. The number of carbonyl (C=O) groups is 3. The summed E-state index contributed by atoms with van der Waals surface area (Å²) >= 11 is 0. The average molecular weight is 453 g/mol. The van der Waals surface area contributed by atoms with E-state index in [4.69, 9.17) is 4.74 Å². The second-order valence-electron chi connectivity index (χ2n) is 9.34. The van der Waals surface area contributed by atoms with Gasteiger partial charge in [0.25, 0.3) is 0 Å². The Morgan fingerprint density at radius 1 is 1.03 bits per heavy atom. The third-order valence-electron chi connectivity index (χ3n) is 6.58. The molecule has 0 saturated heterocycles. The van der Waals surface area contributed by atoms with Gasteiger partial charge in [0.15, 0.2) is 0 Å². The van der Waals surface area contributed by atoms with Gasteiger partial charge in [0.05, 0.1) is 0 Å². The molecule has 1 aliphatic carbocycles. The highest BCUT2D eigenvalue weighted by Crippen LogP contribution is 2.44. The van der Waals surface area contributed by atoms with Crippen molar-refractivity contribution in [1.29, 1.82) is 0 Å². The maximum absolute atomic E-state index is 12.7. The fourth-order valence-electron chi connectivity index (χ4n) is 4.03. The number of aliphatic carboxylic acids is 1. The molecule has 2 amide bonds. The third-order valence-corrected chi connectivity index (χ3v) is 6.58. The highest BCUT2D eigenvalue weighted by molar-refractivity contribution is 5.86. The van der Waals surface area contributed by atoms with Gasteiger partial charge in [-0.2, -0.15) is 0 Å². The molecule has 3 rings (SSSR count). The van der Waals surface area contributed by atoms with Crippen molar-refractivity contribution in [1.82, 2.24) is 10.2 Å². The summed E-state index contributed by atoms with van der Waals surface area (Å²) in [5, 5.41) is 12.2. The number of alkyl carbamates (subject to hydrolysis) is 1. The molecule has 33 heavy (non-hydrogen) atoms. The Balaban J connectivity index is 1.64. The number of carbonyl (C=O) groups excluding carboxylic acids is 2. The summed E-state index contributed by atoms with van der Waals surface area (Å²) in [4.78, 5) is 38.0. The van der Waals surface area contributed by atoms with Crippen molar-refractivity contribution in [3.05, 3.63) is 59.7 Å². The molecule has 0 heterocycles. The minimum Gasteiger partial charge on any atom is -0.480 e. The SMILES string of the molecule is CC(C)[C@H](CC(=O)N(C)C(C)(C)C(=O)O)NC(=O)OCC1c2ccccc2-c2ccccc21. The van der Waals surface area contributed by atoms with Crippen LogP contribution in [-0.4, -0.2) is 53.2 Å². The molecule has 0 spiro atoms. The first kappa shape index (κ1) is 24.3. The van der Waals surface area contributed by atoms with Gasteiger partial charge in [-0.15, -0.1) is 0 Å². The molecule has 0 unspecified atom stereocenters. The van der Waals surface area contributed by atoms with Crippen LogP contribution in [0, 0.1) is 5.92 Å². The summed E-state index contributed by atoms with van der Waals surface area (Å²) in [5.41, 5.74) is 3.20. The Labute approximate surface area is 194 Å². The zero-order chi connectivity index (χ0) is 24.3. The molecular formula is C26H32N2O5. The van der Waals surface area contributed by atoms with Crippen LogP contribution in [0.4, 0.5) is 4.79 Å². The average Bonchev–Trinajstić information content (AvgIpc) is 3.10. The molecule has 0 saturated carbocycles. The molecular weight excluding hydrogens is 420 g/mol. The van der Waals surface area contributed by atoms with Gasteiger partial charge in [-0.1, -0.05) is 62.4 Å². The topological polar surface area (TPSA) is 95.9 Å². The van der Waals surface area contributed by atoms with E-state index in [0.29, 0.717) is 0 Å². The van der Waals surface area contributed by atoms with Gasteiger partial charge in [0.2, 0.25) is 5.91 Å². The van der Waals surface area contributed by atoms with Gasteiger partial charge in [0, 0.05) is 25.4 Å². The van der Waals surface area contributed by atoms with E-state index in [0.717, 1.165) is 22.3 Å². The molecule has 2 N–H and O–H groups in total. The molecule has 0 aromatic heterocycles. The van der Waals surface area contributed by atoms with Crippen molar-refractivity contribution in [2.75, 3.05) is 13.7 Å². The quantitative estimate of drug-likeness (QED) is 0.624. The Morgan fingerprint density at radius 3 is 2.03 bits per heavy atom. The van der Waals surface area contributed by atoms with E-state index >= 15 is 0 Å². The van der Waals surface area contributed by atoms with Crippen LogP contribution in [0.25, 0.3) is 11.1 Å². The Bertz CT molecular complexity index is 1000. The summed E-state index contributed by atoms with van der Waals surface area (Å²) < 4.78 is 5.60. The molecule has 1 atom stereocenters. The number of carboxylic acids is 1. The van der Waals surface area contributed by atoms with E-state index in [1.54, 1.807) is 0 Å². The number of benzene rings is 2. The van der Waals surface area contributed by atoms with Gasteiger partial charge in [0.1, 0.15) is 12.1 Å². The number of fused-ring (bicyclic) bond motifs is 3. The lowest BCUT2D eigenvalue weighted by Crippen LogP contribution is -2.52. The predicted octanol–water partition coefficient (Wildman–Crippen LogP) is 4.26. The normalized spacial score (nSPS) is 13.8. The smallest absolute Gasteiger partial charge is 0.407 e. The Hall–Kier alpha value is -3.35. The van der Waals surface area contributed by atoms with Gasteiger partial charge in [-0.3, -0.25) is 4.79 Å². The summed E-state index contributed by atoms with van der Waals surface area (Å²) in [6, 6.07) is 15.7. The largest absolute Gasteiger partial charge is 0.480 e. The number of nitrogens with zero attached hydrogens (tertiary/aromatic N) is 1. The number of carboxylic acid groups (broad SMARTS) is 1. The van der Waals surface area contributed by atoms with E-state index in [9.17, 15) is 19.5 Å². The second-order valence-corrected chi connectivity index (χ2v) is 9.34. The van der Waals surface area contributed by atoms with Crippen LogP contribution in [0.1, 0.15) is 51.2 Å². The molecule has 0 bridgehead atoms. The van der Waals surface area contributed by atoms with Gasteiger partial charge in [-0.05, 0) is 42.0 Å². The number of ether oxygens (including phenoxy) is 1. The monoisotopic (exact) mass is 452 g/mol. The van der Waals surface area contributed by atoms with Gasteiger partial charge < -0.3 is 20.1 Å². The van der Waals surface area contributed by atoms with Crippen molar-refractivity contribution in [2.24, 2.45) is 5.92 Å². The van der Waals surface area contributed by atoms with Crippen LogP contribution < -0.4 is 5.32 Å². The fraction of sp³-hybridized carbons (Fsp3) is 0.423. The first-order valence-electron chi connectivity index (χ1n) is 11.2. The Morgan fingerprint density at radius 2 is 1.55 bits per heavy atom. The predicted molar refractivity (Wildman–Crippen MR) is 126 cm³/mol. The van der Waals surface area contributed by atoms with E-state index in [1.807, 2.05) is 38.1 Å². The summed E-state index contributed by atoms with van der Waals surface area (Å²) in [6.07, 6.45) is -0.613. The van der Waals surface area contributed by atoms with E-state index in [2.05, 4.69) is 29.6 Å². The number of likely N-dealkylation sites (N-methyl/N-ethyl adjacent to an activating group) is 1. The molecule has 2 aromatic rings. The molecule has 7 heteroatoms. The summed E-state index contributed by atoms with van der Waals surface area (Å²) in [7, 11) is 1.46. The van der Waals surface area contributed by atoms with E-state index in [-0.39, 0.29) is 30.8 Å². The van der Waals surface area contributed by atoms with Gasteiger partial charge in [-0.25, -0.2) is 9.59 Å². The maximum atomic E-state index is 12.7. The summed E-state index contributed by atoms with van der Waals surface area (Å²) in [5.74, 6) is -1.55. The number of amides is 2. The zero-order valence-corrected chi connectivity index (χ0v) is 19.8. The first-order valence-corrected chi connectivity index (χ1v) is 11.2. The van der Waals surface area contributed by atoms with Crippen molar-refractivity contribution in [3.63, 3.8) is 0 Å². The van der Waals surface area contributed by atoms with Crippen LogP contribution in [-0.2, 0) is 14.3 Å². The van der Waals surface area contributed by atoms with E-state index in [1.165, 1.54) is 25.8 Å². The molecule has 2 aromatic carbocycles. The van der Waals surface area contributed by atoms with E-state index < -0.39 is 23.6 Å². The zero-order valence-electron chi connectivity index (χ0n) is 19.8. The van der Waals surface area contributed by atoms with Gasteiger partial charge >= 0.3 is 12.1 Å². The van der Waals surface area contributed by atoms with Crippen LogP contribution in [0.5, 0.6) is 0 Å². The molecule has 0 fully saturated rings. The molecule has 176 valence electrons. The van der Waals surface area contributed by atoms with Crippen LogP contribution in [0.15, 0.2) is 48.5 Å². The second kappa shape index (κ2) is 9.65. The molecule has 1 aliphatic rings. The van der Waals surface area contributed by atoms with Crippen molar-refractivity contribution in [3.8, 4) is 11.1 Å². The van der Waals surface area contributed by atoms with Crippen molar-refractivity contribution in [2.45, 2.75) is 51.6 Å². The molecule has 0 aliphatic heterocycles. The van der Waals surface area contributed by atoms with Crippen molar-refractivity contribution < 1.29 is 24.2 Å². The minimum atomic E-state index is -1.34. The van der Waals surface area contributed by atoms with Crippen LogP contribution >= 0.6 is 0 Å². The fourth-order valence-corrected chi connectivity index (χ4v) is 4.03. The number of nitrogens with one attached hydrogen (secondary N) is 1.